The first-order chi connectivity index (χ1) is 8.79. The van der Waals surface area contributed by atoms with Crippen LogP contribution in [-0.4, -0.2) is 25.7 Å². The highest BCUT2D eigenvalue weighted by Gasteiger charge is 2.09. The highest BCUT2D eigenvalue weighted by atomic mass is 16.5. The van der Waals surface area contributed by atoms with Crippen LogP contribution in [0.4, 0.5) is 11.4 Å². The molecule has 0 radical (unpaired) electrons. The number of ether oxygens (including phenoxy) is 1. The number of carbonyl (C=O) groups is 1. The average molecular weight is 248 g/mol. The fourth-order valence-electron chi connectivity index (χ4n) is 2.09. The van der Waals surface area contributed by atoms with Crippen molar-refractivity contribution in [1.82, 2.24) is 0 Å². The van der Waals surface area contributed by atoms with Crippen LogP contribution in [0.25, 0.3) is 0 Å². The van der Waals surface area contributed by atoms with Gasteiger partial charge in [-0.25, -0.2) is 0 Å². The molecule has 1 heterocycles. The number of rotatable bonds is 5. The highest BCUT2D eigenvalue weighted by molar-refractivity contribution is 5.91. The van der Waals surface area contributed by atoms with Crippen molar-refractivity contribution in [2.45, 2.75) is 26.2 Å². The molecule has 0 fully saturated rings. The van der Waals surface area contributed by atoms with E-state index in [2.05, 4.69) is 16.7 Å². The van der Waals surface area contributed by atoms with Gasteiger partial charge in [-0.1, -0.05) is 0 Å². The summed E-state index contributed by atoms with van der Waals surface area (Å²) in [4.78, 5) is 11.6. The first kappa shape index (κ1) is 12.9. The quantitative estimate of drug-likeness (QED) is 0.787. The topological polar surface area (TPSA) is 50.4 Å². The molecular weight excluding hydrogens is 228 g/mol. The van der Waals surface area contributed by atoms with E-state index in [0.29, 0.717) is 19.6 Å². The number of aryl methyl sites for hydroxylation is 1. The van der Waals surface area contributed by atoms with Gasteiger partial charge in [0.1, 0.15) is 0 Å². The summed E-state index contributed by atoms with van der Waals surface area (Å²) in [5.41, 5.74) is 3.34. The molecule has 98 valence electrons. The Labute approximate surface area is 108 Å². The Balaban J connectivity index is 1.91. The monoisotopic (exact) mass is 248 g/mol. The summed E-state index contributed by atoms with van der Waals surface area (Å²) in [6, 6.07) is 6.03. The molecule has 1 aliphatic rings. The van der Waals surface area contributed by atoms with E-state index in [1.54, 1.807) is 0 Å². The number of carbonyl (C=O) groups excluding carboxylic acids is 1. The Kier molecular flexibility index (Phi) is 4.59. The fraction of sp³-hybridized carbons (Fsp3) is 0.500. The molecule has 0 spiro atoms. The summed E-state index contributed by atoms with van der Waals surface area (Å²) >= 11 is 0. The smallest absolute Gasteiger partial charge is 0.226 e. The molecule has 0 aromatic heterocycles. The van der Waals surface area contributed by atoms with Gasteiger partial charge >= 0.3 is 0 Å². The predicted molar refractivity (Wildman–Crippen MR) is 73.0 cm³/mol. The molecule has 2 N–H and O–H groups in total. The van der Waals surface area contributed by atoms with Gasteiger partial charge in [0, 0.05) is 24.5 Å². The Morgan fingerprint density at radius 1 is 1.50 bits per heavy atom. The van der Waals surface area contributed by atoms with E-state index in [1.165, 1.54) is 11.3 Å². The molecule has 0 atom stereocenters. The van der Waals surface area contributed by atoms with Gasteiger partial charge in [-0.15, -0.1) is 0 Å². The van der Waals surface area contributed by atoms with Crippen molar-refractivity contribution < 1.29 is 9.53 Å². The SMILES string of the molecule is CCOCCC(=O)Nc1ccc2c(c1)CCCN2. The fourth-order valence-corrected chi connectivity index (χ4v) is 2.09. The van der Waals surface area contributed by atoms with Gasteiger partial charge in [0.2, 0.25) is 5.91 Å². The van der Waals surface area contributed by atoms with Crippen LogP contribution in [0, 0.1) is 0 Å². The number of amides is 1. The van der Waals surface area contributed by atoms with Gasteiger partial charge in [0.05, 0.1) is 13.0 Å². The van der Waals surface area contributed by atoms with Crippen LogP contribution in [0.15, 0.2) is 18.2 Å². The molecule has 4 heteroatoms. The molecule has 0 aliphatic carbocycles. The number of benzene rings is 1. The first-order valence-electron chi connectivity index (χ1n) is 6.54. The third-order valence-electron chi connectivity index (χ3n) is 3.00. The number of fused-ring (bicyclic) bond motifs is 1. The summed E-state index contributed by atoms with van der Waals surface area (Å²) < 4.78 is 5.16. The minimum Gasteiger partial charge on any atom is -0.385 e. The second kappa shape index (κ2) is 6.40. The van der Waals surface area contributed by atoms with Crippen LogP contribution < -0.4 is 10.6 Å². The lowest BCUT2D eigenvalue weighted by Crippen LogP contribution is -2.16. The maximum absolute atomic E-state index is 11.6. The van der Waals surface area contributed by atoms with E-state index in [0.717, 1.165) is 25.1 Å². The summed E-state index contributed by atoms with van der Waals surface area (Å²) in [5.74, 6) is 0.00664. The molecule has 1 aromatic rings. The van der Waals surface area contributed by atoms with Gasteiger partial charge in [0.15, 0.2) is 0 Å². The van der Waals surface area contributed by atoms with E-state index in [9.17, 15) is 4.79 Å². The van der Waals surface area contributed by atoms with Crippen LogP contribution in [0.2, 0.25) is 0 Å². The van der Waals surface area contributed by atoms with Crippen LogP contribution in [0.5, 0.6) is 0 Å². The summed E-state index contributed by atoms with van der Waals surface area (Å²) in [5, 5.41) is 6.26. The average Bonchev–Trinajstić information content (AvgIpc) is 2.39. The maximum atomic E-state index is 11.6. The van der Waals surface area contributed by atoms with Crippen molar-refractivity contribution in [2.75, 3.05) is 30.4 Å². The standard InChI is InChI=1S/C14H20N2O2/c1-2-18-9-7-14(17)16-12-5-6-13-11(10-12)4-3-8-15-13/h5-6,10,15H,2-4,7-9H2,1H3,(H,16,17). The molecule has 0 unspecified atom stereocenters. The van der Waals surface area contributed by atoms with Crippen LogP contribution in [0.1, 0.15) is 25.3 Å². The Hall–Kier alpha value is -1.55. The van der Waals surface area contributed by atoms with Gasteiger partial charge in [0.25, 0.3) is 0 Å². The third-order valence-corrected chi connectivity index (χ3v) is 3.00. The summed E-state index contributed by atoms with van der Waals surface area (Å²) in [7, 11) is 0. The zero-order chi connectivity index (χ0) is 12.8. The molecule has 1 amide bonds. The highest BCUT2D eigenvalue weighted by Crippen LogP contribution is 2.25. The van der Waals surface area contributed by atoms with Gasteiger partial charge in [-0.05, 0) is 43.5 Å². The second-order valence-corrected chi connectivity index (χ2v) is 4.40. The third kappa shape index (κ3) is 3.47. The Morgan fingerprint density at radius 2 is 2.39 bits per heavy atom. The van der Waals surface area contributed by atoms with E-state index in [4.69, 9.17) is 4.74 Å². The second-order valence-electron chi connectivity index (χ2n) is 4.40. The first-order valence-corrected chi connectivity index (χ1v) is 6.54. The normalized spacial score (nSPS) is 13.6. The zero-order valence-electron chi connectivity index (χ0n) is 10.8. The molecule has 0 bridgehead atoms. The van der Waals surface area contributed by atoms with E-state index < -0.39 is 0 Å². The molecular formula is C14H20N2O2. The maximum Gasteiger partial charge on any atom is 0.226 e. The summed E-state index contributed by atoms with van der Waals surface area (Å²) in [6.45, 7) is 4.09. The van der Waals surface area contributed by atoms with Gasteiger partial charge < -0.3 is 15.4 Å². The van der Waals surface area contributed by atoms with Crippen LogP contribution >= 0.6 is 0 Å². The van der Waals surface area contributed by atoms with Crippen LogP contribution in [0.3, 0.4) is 0 Å². The van der Waals surface area contributed by atoms with Crippen molar-refractivity contribution >= 4 is 17.3 Å². The minimum absolute atomic E-state index is 0.00664. The molecule has 1 aromatic carbocycles. The van der Waals surface area contributed by atoms with Crippen molar-refractivity contribution in [3.63, 3.8) is 0 Å². The lowest BCUT2D eigenvalue weighted by atomic mass is 10.0. The van der Waals surface area contributed by atoms with Crippen LogP contribution in [-0.2, 0) is 16.0 Å². The van der Waals surface area contributed by atoms with Gasteiger partial charge in [-0.2, -0.15) is 0 Å². The van der Waals surface area contributed by atoms with Gasteiger partial charge in [-0.3, -0.25) is 4.79 Å². The lowest BCUT2D eigenvalue weighted by molar-refractivity contribution is -0.117. The number of hydrogen-bond acceptors (Lipinski definition) is 3. The minimum atomic E-state index is 0.00664. The van der Waals surface area contributed by atoms with Crippen molar-refractivity contribution in [3.05, 3.63) is 23.8 Å². The largest absolute Gasteiger partial charge is 0.385 e. The Morgan fingerprint density at radius 3 is 3.22 bits per heavy atom. The van der Waals surface area contributed by atoms with Crippen molar-refractivity contribution in [1.29, 1.82) is 0 Å². The Bertz CT molecular complexity index is 418. The number of anilines is 2. The summed E-state index contributed by atoms with van der Waals surface area (Å²) in [6.07, 6.45) is 2.63. The molecule has 0 saturated heterocycles. The zero-order valence-corrected chi connectivity index (χ0v) is 10.8. The molecule has 0 saturated carbocycles. The molecule has 2 rings (SSSR count). The molecule has 4 nitrogen and oxygen atoms in total. The predicted octanol–water partition coefficient (Wildman–Crippen LogP) is 2.41. The molecule has 18 heavy (non-hydrogen) atoms. The van der Waals surface area contributed by atoms with E-state index >= 15 is 0 Å². The lowest BCUT2D eigenvalue weighted by Gasteiger charge is -2.18. The number of hydrogen-bond donors (Lipinski definition) is 2. The van der Waals surface area contributed by atoms with Crippen molar-refractivity contribution in [3.8, 4) is 0 Å². The molecule has 1 aliphatic heterocycles. The van der Waals surface area contributed by atoms with E-state index in [1.807, 2.05) is 19.1 Å². The van der Waals surface area contributed by atoms with E-state index in [-0.39, 0.29) is 5.91 Å². The number of nitrogens with one attached hydrogen (secondary N) is 2. The van der Waals surface area contributed by atoms with Crippen molar-refractivity contribution in [2.24, 2.45) is 0 Å².